The Balaban J connectivity index is 1.17. The fourth-order valence-corrected chi connectivity index (χ4v) is 4.75. The number of ether oxygens (including phenoxy) is 1. The van der Waals surface area contributed by atoms with Crippen molar-refractivity contribution in [2.24, 2.45) is 17.8 Å². The first-order valence-corrected chi connectivity index (χ1v) is 10.4. The maximum atomic E-state index is 12.4. The normalized spacial score (nSPS) is 24.6. The van der Waals surface area contributed by atoms with Gasteiger partial charge in [0.2, 0.25) is 5.91 Å². The molecule has 1 aromatic rings. The summed E-state index contributed by atoms with van der Waals surface area (Å²) in [6, 6.07) is 4.03. The van der Waals surface area contributed by atoms with Gasteiger partial charge >= 0.3 is 0 Å². The lowest BCUT2D eigenvalue weighted by Crippen LogP contribution is -2.55. The highest BCUT2D eigenvalue weighted by Crippen LogP contribution is 2.50. The Kier molecular flexibility index (Phi) is 4.15. The van der Waals surface area contributed by atoms with E-state index in [1.165, 1.54) is 44.9 Å². The molecule has 0 bridgehead atoms. The summed E-state index contributed by atoms with van der Waals surface area (Å²) in [5.74, 6) is 3.39. The third-order valence-corrected chi connectivity index (χ3v) is 6.74. The van der Waals surface area contributed by atoms with Gasteiger partial charge in [-0.3, -0.25) is 4.79 Å². The molecule has 1 saturated heterocycles. The van der Waals surface area contributed by atoms with Crippen LogP contribution in [0.25, 0.3) is 0 Å². The third-order valence-electron chi connectivity index (χ3n) is 6.74. The summed E-state index contributed by atoms with van der Waals surface area (Å²) >= 11 is 0. The highest BCUT2D eigenvalue weighted by molar-refractivity contribution is 5.90. The Bertz CT molecular complexity index is 650. The average Bonchev–Trinajstić information content (AvgIpc) is 3.53. The first-order valence-electron chi connectivity index (χ1n) is 10.4. The summed E-state index contributed by atoms with van der Waals surface area (Å²) in [5, 5.41) is 3.06. The number of pyridine rings is 1. The van der Waals surface area contributed by atoms with Gasteiger partial charge in [0, 0.05) is 19.5 Å². The van der Waals surface area contributed by atoms with Crippen molar-refractivity contribution in [1.29, 1.82) is 0 Å². The van der Waals surface area contributed by atoms with E-state index in [0.717, 1.165) is 43.0 Å². The van der Waals surface area contributed by atoms with Gasteiger partial charge in [0.15, 0.2) is 0 Å². The number of morpholine rings is 1. The molecule has 1 aromatic heterocycles. The standard InChI is InChI=1S/C21H29N3O2/c25-20(12-18(15-2-3-15)16-4-5-16)23-17-6-7-19(22-13-17)24-10-11-26-21(14-24)8-1-9-21/h6-7,13,15-16,18H,1-5,8-12,14H2,(H,23,25). The summed E-state index contributed by atoms with van der Waals surface area (Å²) in [7, 11) is 0. The second-order valence-electron chi connectivity index (χ2n) is 8.80. The number of hydrogen-bond donors (Lipinski definition) is 1. The molecule has 0 atom stereocenters. The summed E-state index contributed by atoms with van der Waals surface area (Å²) in [6.07, 6.45) is 11.4. The Morgan fingerprint density at radius 1 is 1.27 bits per heavy atom. The molecule has 3 saturated carbocycles. The zero-order chi connectivity index (χ0) is 17.6. The number of carbonyl (C=O) groups is 1. The van der Waals surface area contributed by atoms with Gasteiger partial charge in [-0.25, -0.2) is 4.98 Å². The van der Waals surface area contributed by atoms with E-state index in [4.69, 9.17) is 4.74 Å². The van der Waals surface area contributed by atoms with Crippen LogP contribution in [-0.2, 0) is 9.53 Å². The largest absolute Gasteiger partial charge is 0.371 e. The third kappa shape index (κ3) is 3.46. The van der Waals surface area contributed by atoms with E-state index in [0.29, 0.717) is 12.3 Å². The second-order valence-corrected chi connectivity index (χ2v) is 8.80. The Hall–Kier alpha value is -1.62. The molecular weight excluding hydrogens is 326 g/mol. The predicted octanol–water partition coefficient (Wildman–Crippen LogP) is 3.61. The predicted molar refractivity (Wildman–Crippen MR) is 101 cm³/mol. The van der Waals surface area contributed by atoms with Crippen LogP contribution in [0.4, 0.5) is 11.5 Å². The van der Waals surface area contributed by atoms with Crippen molar-refractivity contribution in [3.63, 3.8) is 0 Å². The van der Waals surface area contributed by atoms with Crippen LogP contribution in [-0.4, -0.2) is 36.2 Å². The summed E-state index contributed by atoms with van der Waals surface area (Å²) in [6.45, 7) is 2.62. The van der Waals surface area contributed by atoms with Gasteiger partial charge in [-0.15, -0.1) is 0 Å². The van der Waals surface area contributed by atoms with Crippen LogP contribution in [0.1, 0.15) is 51.4 Å². The minimum atomic E-state index is 0.0768. The van der Waals surface area contributed by atoms with Crippen LogP contribution in [0, 0.1) is 17.8 Å². The first-order chi connectivity index (χ1) is 12.7. The number of aromatic nitrogens is 1. The lowest BCUT2D eigenvalue weighted by atomic mass is 9.79. The van der Waals surface area contributed by atoms with Crippen molar-refractivity contribution in [2.45, 2.75) is 57.0 Å². The topological polar surface area (TPSA) is 54.5 Å². The van der Waals surface area contributed by atoms with Crippen molar-refractivity contribution in [3.8, 4) is 0 Å². The molecule has 1 spiro atoms. The highest BCUT2D eigenvalue weighted by atomic mass is 16.5. The first kappa shape index (κ1) is 16.5. The van der Waals surface area contributed by atoms with Gasteiger partial charge in [-0.05, 0) is 74.8 Å². The van der Waals surface area contributed by atoms with Crippen molar-refractivity contribution < 1.29 is 9.53 Å². The van der Waals surface area contributed by atoms with Crippen LogP contribution >= 0.6 is 0 Å². The Labute approximate surface area is 155 Å². The van der Waals surface area contributed by atoms with E-state index < -0.39 is 0 Å². The van der Waals surface area contributed by atoms with Crippen LogP contribution in [0.3, 0.4) is 0 Å². The molecule has 3 aliphatic carbocycles. The number of anilines is 2. The molecule has 1 amide bonds. The molecule has 5 nitrogen and oxygen atoms in total. The van der Waals surface area contributed by atoms with Gasteiger partial charge in [-0.1, -0.05) is 0 Å². The molecule has 5 rings (SSSR count). The molecule has 1 N–H and O–H groups in total. The van der Waals surface area contributed by atoms with E-state index in [9.17, 15) is 4.79 Å². The lowest BCUT2D eigenvalue weighted by Gasteiger charge is -2.48. The van der Waals surface area contributed by atoms with Crippen LogP contribution in [0.15, 0.2) is 18.3 Å². The smallest absolute Gasteiger partial charge is 0.224 e. The maximum absolute atomic E-state index is 12.4. The van der Waals surface area contributed by atoms with E-state index >= 15 is 0 Å². The number of nitrogens with zero attached hydrogens (tertiary/aromatic N) is 2. The molecule has 0 radical (unpaired) electrons. The fraction of sp³-hybridized carbons (Fsp3) is 0.714. The van der Waals surface area contributed by atoms with Crippen molar-refractivity contribution in [2.75, 3.05) is 29.9 Å². The van der Waals surface area contributed by atoms with Gasteiger partial charge in [0.1, 0.15) is 5.82 Å². The summed E-state index contributed by atoms with van der Waals surface area (Å²) in [5.41, 5.74) is 0.892. The van der Waals surface area contributed by atoms with Gasteiger partial charge in [0.25, 0.3) is 0 Å². The monoisotopic (exact) mass is 355 g/mol. The SMILES string of the molecule is O=C(CC(C1CC1)C1CC1)Nc1ccc(N2CCOC3(CCC3)C2)nc1. The number of carbonyl (C=O) groups excluding carboxylic acids is 1. The van der Waals surface area contributed by atoms with Gasteiger partial charge in [-0.2, -0.15) is 0 Å². The number of rotatable bonds is 6. The minimum Gasteiger partial charge on any atom is -0.371 e. The van der Waals surface area contributed by atoms with E-state index in [-0.39, 0.29) is 11.5 Å². The molecule has 26 heavy (non-hydrogen) atoms. The molecule has 0 aromatic carbocycles. The Morgan fingerprint density at radius 3 is 2.62 bits per heavy atom. The second kappa shape index (κ2) is 6.52. The maximum Gasteiger partial charge on any atom is 0.224 e. The lowest BCUT2D eigenvalue weighted by molar-refractivity contribution is -0.117. The van der Waals surface area contributed by atoms with E-state index in [1.807, 2.05) is 12.1 Å². The van der Waals surface area contributed by atoms with Crippen LogP contribution in [0.5, 0.6) is 0 Å². The molecule has 4 fully saturated rings. The number of hydrogen-bond acceptors (Lipinski definition) is 4. The van der Waals surface area contributed by atoms with E-state index in [1.54, 1.807) is 6.20 Å². The van der Waals surface area contributed by atoms with Crippen LogP contribution < -0.4 is 10.2 Å². The molecule has 5 heteroatoms. The van der Waals surface area contributed by atoms with Crippen molar-refractivity contribution in [3.05, 3.63) is 18.3 Å². The molecule has 2 heterocycles. The highest BCUT2D eigenvalue weighted by Gasteiger charge is 2.43. The number of nitrogens with one attached hydrogen (secondary N) is 1. The van der Waals surface area contributed by atoms with Gasteiger partial charge in [0.05, 0.1) is 24.1 Å². The summed E-state index contributed by atoms with van der Waals surface area (Å²) in [4.78, 5) is 19.4. The average molecular weight is 355 g/mol. The summed E-state index contributed by atoms with van der Waals surface area (Å²) < 4.78 is 5.99. The Morgan fingerprint density at radius 2 is 2.04 bits per heavy atom. The fourth-order valence-electron chi connectivity index (χ4n) is 4.75. The van der Waals surface area contributed by atoms with Crippen LogP contribution in [0.2, 0.25) is 0 Å². The molecule has 140 valence electrons. The minimum absolute atomic E-state index is 0.0768. The molecule has 4 aliphatic rings. The van der Waals surface area contributed by atoms with Crippen molar-refractivity contribution >= 4 is 17.4 Å². The molecular formula is C21H29N3O2. The zero-order valence-corrected chi connectivity index (χ0v) is 15.5. The molecule has 1 aliphatic heterocycles. The van der Waals surface area contributed by atoms with Gasteiger partial charge < -0.3 is 15.0 Å². The zero-order valence-electron chi connectivity index (χ0n) is 15.5. The van der Waals surface area contributed by atoms with E-state index in [2.05, 4.69) is 15.2 Å². The quantitative estimate of drug-likeness (QED) is 0.847. The molecule has 0 unspecified atom stereocenters. The van der Waals surface area contributed by atoms with Crippen molar-refractivity contribution in [1.82, 2.24) is 4.98 Å². The number of amides is 1.